The molecule has 0 aliphatic carbocycles. The van der Waals surface area contributed by atoms with E-state index in [9.17, 15) is 0 Å². The summed E-state index contributed by atoms with van der Waals surface area (Å²) in [7, 11) is -18.6. The maximum atomic E-state index is 2.80. The van der Waals surface area contributed by atoms with Gasteiger partial charge >= 0.3 is 0 Å². The van der Waals surface area contributed by atoms with Gasteiger partial charge in [0.1, 0.15) is 0 Å². The van der Waals surface area contributed by atoms with Gasteiger partial charge in [0, 0.05) is 0 Å². The van der Waals surface area contributed by atoms with Gasteiger partial charge < -0.3 is 0 Å². The molecule has 0 saturated heterocycles. The molecule has 2 aliphatic heterocycles. The fraction of sp³-hybridized carbons (Fsp3) is 0.429. The zero-order valence-corrected chi connectivity index (χ0v) is 67.2. The highest BCUT2D eigenvalue weighted by atomic mass is 28.3. The van der Waals surface area contributed by atoms with Crippen molar-refractivity contribution in [3.8, 4) is 22.3 Å². The monoisotopic (exact) mass is 1250 g/mol. The maximum absolute atomic E-state index is 2.80. The van der Waals surface area contributed by atoms with Crippen molar-refractivity contribution in [3.63, 3.8) is 0 Å². The van der Waals surface area contributed by atoms with Crippen molar-refractivity contribution in [3.05, 3.63) is 84.9 Å². The summed E-state index contributed by atoms with van der Waals surface area (Å²) in [6.07, 6.45) is 0. The smallest absolute Gasteiger partial charge is 0.0701 e. The molecule has 8 aromatic carbocycles. The van der Waals surface area contributed by atoms with Crippen molar-refractivity contribution < 1.29 is 0 Å². The molecule has 12 heteroatoms. The van der Waals surface area contributed by atoms with E-state index in [4.69, 9.17) is 0 Å². The topological polar surface area (TPSA) is 0 Å². The molecule has 0 amide bonds. The Labute approximate surface area is 510 Å². The summed E-state index contributed by atoms with van der Waals surface area (Å²) in [6, 6.07) is 38.5. The molecule has 2 aliphatic rings. The Kier molecular flexibility index (Phi) is 14.6. The van der Waals surface area contributed by atoms with E-state index >= 15 is 0 Å². The van der Waals surface area contributed by atoms with Crippen LogP contribution in [0.5, 0.6) is 0 Å². The molecule has 0 aromatic heterocycles. The molecular formula is C70H104B2Si10. The molecule has 0 atom stereocenters. The molecule has 0 nitrogen and oxygen atoms in total. The lowest BCUT2D eigenvalue weighted by Gasteiger charge is -2.41. The van der Waals surface area contributed by atoms with Crippen LogP contribution < -0.4 is 84.6 Å². The third-order valence-electron chi connectivity index (χ3n) is 19.3. The van der Waals surface area contributed by atoms with Gasteiger partial charge in [0.25, 0.3) is 0 Å². The molecule has 0 saturated carbocycles. The van der Waals surface area contributed by atoms with Crippen LogP contribution in [0.15, 0.2) is 84.9 Å². The quantitative estimate of drug-likeness (QED) is 0.0845. The molecule has 0 N–H and O–H groups in total. The summed E-state index contributed by atoms with van der Waals surface area (Å²) in [5.41, 5.74) is 15.9. The second-order valence-electron chi connectivity index (χ2n) is 36.4. The van der Waals surface area contributed by atoms with Crippen LogP contribution in [-0.2, 0) is 0 Å². The first-order valence-electron chi connectivity index (χ1n) is 31.6. The molecule has 430 valence electrons. The largest absolute Gasteiger partial charge is 0.242 e. The Morgan fingerprint density at radius 2 is 0.427 bits per heavy atom. The fourth-order valence-electron chi connectivity index (χ4n) is 14.7. The highest BCUT2D eigenvalue weighted by molar-refractivity contribution is 7.13. The van der Waals surface area contributed by atoms with Crippen LogP contribution in [0.1, 0.15) is 0 Å². The maximum Gasteiger partial charge on any atom is 0.242 e. The normalized spacial score (nSPS) is 14.9. The number of benzene rings is 8. The lowest BCUT2D eigenvalue weighted by molar-refractivity contribution is 1.64. The van der Waals surface area contributed by atoms with E-state index < -0.39 is 80.7 Å². The highest BCUT2D eigenvalue weighted by Crippen LogP contribution is 2.45. The summed E-state index contributed by atoms with van der Waals surface area (Å²) in [5, 5.41) is 25.8. The van der Waals surface area contributed by atoms with Gasteiger partial charge in [-0.25, -0.2) is 0 Å². The molecule has 0 fully saturated rings. The molecule has 0 spiro atoms. The third kappa shape index (κ3) is 10.4. The lowest BCUT2D eigenvalue weighted by Crippen LogP contribution is -2.75. The lowest BCUT2D eigenvalue weighted by atomic mass is 9.33. The van der Waals surface area contributed by atoms with Crippen LogP contribution in [0.2, 0.25) is 196 Å². The first-order chi connectivity index (χ1) is 37.0. The van der Waals surface area contributed by atoms with Crippen LogP contribution >= 0.6 is 0 Å². The fourth-order valence-corrected chi connectivity index (χ4v) is 30.4. The van der Waals surface area contributed by atoms with Crippen LogP contribution in [0.3, 0.4) is 0 Å². The first kappa shape index (κ1) is 62.2. The van der Waals surface area contributed by atoms with Crippen molar-refractivity contribution in [1.29, 1.82) is 0 Å². The zero-order valence-electron chi connectivity index (χ0n) is 57.2. The van der Waals surface area contributed by atoms with Gasteiger partial charge in [-0.15, -0.1) is 0 Å². The van der Waals surface area contributed by atoms with Crippen LogP contribution in [0.25, 0.3) is 54.6 Å². The average molecular weight is 1250 g/mol. The van der Waals surface area contributed by atoms with Gasteiger partial charge in [-0.3, -0.25) is 0 Å². The summed E-state index contributed by atoms with van der Waals surface area (Å²) in [4.78, 5) is 0. The molecular weight excluding hydrogens is 1140 g/mol. The highest BCUT2D eigenvalue weighted by Gasteiger charge is 2.47. The standard InChI is InChI=1S/C70H104B2Si10/c1-73(2,3)47-37-53-51-35-45-31-34-56-66-52(54-38-48(74(4,5)6)40-58(78(16,17)18)68(54)72(56)70-61(81(25,26)27)43-50(76(10,11)12)44-62(70)82(28,29)30)36-46-32-33-55(65(51)63(46)64(45)66)71(67(53)57(39-47)77(13,14)15)69-59(79(19,20)21)41-49(75(7,8)9)42-60(69)80(22,23)24/h31-44H,1-30H3. The Morgan fingerprint density at radius 1 is 0.207 bits per heavy atom. The van der Waals surface area contributed by atoms with Crippen molar-refractivity contribution in [1.82, 2.24) is 0 Å². The number of rotatable bonds is 12. The van der Waals surface area contributed by atoms with E-state index in [0.717, 1.165) is 0 Å². The Hall–Kier alpha value is -2.90. The van der Waals surface area contributed by atoms with E-state index in [1.165, 1.54) is 32.7 Å². The average Bonchev–Trinajstić information content (AvgIpc) is 1.27. The summed E-state index contributed by atoms with van der Waals surface area (Å²) in [6.45, 7) is 79.3. The van der Waals surface area contributed by atoms with Crippen molar-refractivity contribution in [2.75, 3.05) is 0 Å². The molecule has 0 bridgehead atoms. The van der Waals surface area contributed by atoms with Crippen LogP contribution in [0, 0.1) is 0 Å². The molecule has 10 rings (SSSR count). The molecule has 0 radical (unpaired) electrons. The summed E-state index contributed by atoms with van der Waals surface area (Å²) >= 11 is 0. The second-order valence-corrected chi connectivity index (χ2v) is 87.0. The number of fused-ring (bicyclic) bond motifs is 4. The van der Waals surface area contributed by atoms with Gasteiger partial charge in [-0.2, -0.15) is 0 Å². The van der Waals surface area contributed by atoms with Gasteiger partial charge in [0.2, 0.25) is 13.4 Å². The van der Waals surface area contributed by atoms with Gasteiger partial charge in [0.15, 0.2) is 0 Å². The van der Waals surface area contributed by atoms with E-state index in [1.807, 2.05) is 0 Å². The van der Waals surface area contributed by atoms with Crippen molar-refractivity contribution in [2.45, 2.75) is 196 Å². The van der Waals surface area contributed by atoms with Gasteiger partial charge in [-0.05, 0) is 66.7 Å². The SMILES string of the molecule is C[Si](C)(C)c1cc2c(c([Si](C)(C)C)c1)B(c1c([Si](C)(C)C)cc([Si](C)(C)C)cc1[Si](C)(C)C)c1ccc3cc4c5c(ccc6cc-2c1c3c65)B(c1c([Si](C)(C)C)cc([Si](C)(C)C)cc1[Si](C)(C)C)c1c-4cc([Si](C)(C)C)cc1[Si](C)(C)C. The predicted octanol–water partition coefficient (Wildman–Crippen LogP) is 11.0. The molecule has 82 heavy (non-hydrogen) atoms. The molecule has 0 unspecified atom stereocenters. The number of hydrogen-bond donors (Lipinski definition) is 0. The first-order valence-corrected chi connectivity index (χ1v) is 66.6. The third-order valence-corrected chi connectivity index (χ3v) is 39.6. The minimum absolute atomic E-state index is 0.158. The van der Waals surface area contributed by atoms with E-state index in [1.54, 1.807) is 107 Å². The van der Waals surface area contributed by atoms with E-state index in [2.05, 4.69) is 281 Å². The summed E-state index contributed by atoms with van der Waals surface area (Å²) < 4.78 is 0. The van der Waals surface area contributed by atoms with Gasteiger partial charge in [0.05, 0.1) is 80.7 Å². The van der Waals surface area contributed by atoms with Crippen LogP contribution in [-0.4, -0.2) is 94.2 Å². The van der Waals surface area contributed by atoms with E-state index in [-0.39, 0.29) is 13.4 Å². The predicted molar refractivity (Wildman–Crippen MR) is 413 cm³/mol. The summed E-state index contributed by atoms with van der Waals surface area (Å²) in [5.74, 6) is 0. The number of hydrogen-bond acceptors (Lipinski definition) is 0. The van der Waals surface area contributed by atoms with Crippen molar-refractivity contribution >= 4 is 211 Å². The minimum Gasteiger partial charge on any atom is -0.0701 e. The Bertz CT molecular complexity index is 3640. The minimum atomic E-state index is -1.95. The van der Waals surface area contributed by atoms with E-state index in [0.29, 0.717) is 0 Å². The van der Waals surface area contributed by atoms with Gasteiger partial charge in [-0.1, -0.05) is 354 Å². The zero-order chi connectivity index (χ0) is 61.1. The Morgan fingerprint density at radius 3 is 0.646 bits per heavy atom. The van der Waals surface area contributed by atoms with Crippen LogP contribution in [0.4, 0.5) is 0 Å². The molecule has 2 heterocycles. The second kappa shape index (κ2) is 19.3. The Balaban J connectivity index is 1.49. The molecule has 8 aromatic rings. The van der Waals surface area contributed by atoms with Crippen molar-refractivity contribution in [2.24, 2.45) is 0 Å².